The Bertz CT molecular complexity index is 608. The number of aromatic amines is 1. The van der Waals surface area contributed by atoms with E-state index in [0.717, 1.165) is 5.56 Å². The Morgan fingerprint density at radius 3 is 2.22 bits per heavy atom. The summed E-state index contributed by atoms with van der Waals surface area (Å²) >= 11 is 5.06. The van der Waals surface area contributed by atoms with Gasteiger partial charge in [-0.05, 0) is 24.4 Å². The second kappa shape index (κ2) is 4.69. The Morgan fingerprint density at radius 1 is 1.28 bits per heavy atom. The highest BCUT2D eigenvalue weighted by Gasteiger charge is 2.15. The van der Waals surface area contributed by atoms with Crippen LogP contribution in [0.5, 0.6) is 17.2 Å². The predicted octanol–water partition coefficient (Wildman–Crippen LogP) is 1.87. The van der Waals surface area contributed by atoms with E-state index in [9.17, 15) is 5.11 Å². The largest absolute Gasteiger partial charge is 0.502 e. The third kappa shape index (κ3) is 1.92. The molecule has 1 aromatic heterocycles. The highest BCUT2D eigenvalue weighted by atomic mass is 32.1. The van der Waals surface area contributed by atoms with Crippen molar-refractivity contribution in [3.05, 3.63) is 16.9 Å². The topological polar surface area (TPSA) is 72.3 Å². The highest BCUT2D eigenvalue weighted by Crippen LogP contribution is 2.39. The summed E-state index contributed by atoms with van der Waals surface area (Å²) in [5, 5.41) is 16.6. The summed E-state index contributed by atoms with van der Waals surface area (Å²) in [6, 6.07) is 3.34. The van der Waals surface area contributed by atoms with Crippen molar-refractivity contribution in [1.82, 2.24) is 14.8 Å². The van der Waals surface area contributed by atoms with Crippen molar-refractivity contribution in [2.75, 3.05) is 14.2 Å². The van der Waals surface area contributed by atoms with E-state index >= 15 is 0 Å². The monoisotopic (exact) mass is 267 g/mol. The Kier molecular flexibility index (Phi) is 3.24. The maximum absolute atomic E-state index is 9.83. The number of nitrogens with one attached hydrogen (secondary N) is 1. The zero-order valence-corrected chi connectivity index (χ0v) is 11.0. The molecule has 0 radical (unpaired) electrons. The second-order valence-corrected chi connectivity index (χ2v) is 4.03. The van der Waals surface area contributed by atoms with E-state index in [-0.39, 0.29) is 5.75 Å². The van der Waals surface area contributed by atoms with E-state index in [1.165, 1.54) is 14.2 Å². The number of nitrogens with zero attached hydrogens (tertiary/aromatic N) is 2. The van der Waals surface area contributed by atoms with Gasteiger partial charge in [0.25, 0.3) is 0 Å². The molecule has 2 aromatic rings. The Balaban J connectivity index is 2.65. The molecule has 1 heterocycles. The number of benzene rings is 1. The van der Waals surface area contributed by atoms with Crippen molar-refractivity contribution in [2.24, 2.45) is 7.05 Å². The van der Waals surface area contributed by atoms with Crippen LogP contribution in [0.4, 0.5) is 0 Å². The van der Waals surface area contributed by atoms with E-state index in [4.69, 9.17) is 21.7 Å². The molecule has 0 atom stereocenters. The summed E-state index contributed by atoms with van der Waals surface area (Å²) < 4.78 is 12.4. The number of phenolic OH excluding ortho intramolecular Hbond substituents is 1. The van der Waals surface area contributed by atoms with Gasteiger partial charge in [0, 0.05) is 12.6 Å². The molecule has 0 aliphatic heterocycles. The van der Waals surface area contributed by atoms with Gasteiger partial charge in [-0.25, -0.2) is 0 Å². The van der Waals surface area contributed by atoms with E-state index in [0.29, 0.717) is 22.1 Å². The number of rotatable bonds is 3. The Morgan fingerprint density at radius 2 is 1.83 bits per heavy atom. The first kappa shape index (κ1) is 12.4. The molecule has 0 aliphatic rings. The molecule has 96 valence electrons. The van der Waals surface area contributed by atoms with Crippen LogP contribution in [-0.2, 0) is 7.05 Å². The van der Waals surface area contributed by atoms with Crippen molar-refractivity contribution in [1.29, 1.82) is 0 Å². The average Bonchev–Trinajstić information content (AvgIpc) is 2.70. The van der Waals surface area contributed by atoms with Gasteiger partial charge in [0.05, 0.1) is 14.2 Å². The fourth-order valence-corrected chi connectivity index (χ4v) is 1.76. The Labute approximate surface area is 109 Å². The molecule has 0 saturated heterocycles. The van der Waals surface area contributed by atoms with Gasteiger partial charge >= 0.3 is 0 Å². The van der Waals surface area contributed by atoms with Gasteiger partial charge < -0.3 is 19.1 Å². The van der Waals surface area contributed by atoms with Crippen LogP contribution in [0.2, 0.25) is 0 Å². The lowest BCUT2D eigenvalue weighted by Crippen LogP contribution is -1.95. The zero-order chi connectivity index (χ0) is 13.3. The van der Waals surface area contributed by atoms with E-state index in [2.05, 4.69) is 10.2 Å². The molecule has 0 fully saturated rings. The minimum atomic E-state index is -0.0412. The Hall–Kier alpha value is -2.02. The molecule has 6 nitrogen and oxygen atoms in total. The molecule has 1 aromatic carbocycles. The van der Waals surface area contributed by atoms with Crippen LogP contribution in [0.1, 0.15) is 0 Å². The average molecular weight is 267 g/mol. The fourth-order valence-electron chi connectivity index (χ4n) is 1.63. The van der Waals surface area contributed by atoms with Gasteiger partial charge in [-0.1, -0.05) is 0 Å². The van der Waals surface area contributed by atoms with Gasteiger partial charge in [0.1, 0.15) is 0 Å². The number of hydrogen-bond donors (Lipinski definition) is 2. The van der Waals surface area contributed by atoms with Crippen molar-refractivity contribution in [3.8, 4) is 28.6 Å². The number of ether oxygens (including phenoxy) is 2. The summed E-state index contributed by atoms with van der Waals surface area (Å²) in [6.45, 7) is 0. The summed E-state index contributed by atoms with van der Waals surface area (Å²) in [7, 11) is 4.75. The van der Waals surface area contributed by atoms with Crippen LogP contribution in [0.3, 0.4) is 0 Å². The van der Waals surface area contributed by atoms with Crippen LogP contribution in [0.15, 0.2) is 12.1 Å². The lowest BCUT2D eigenvalue weighted by Gasteiger charge is -2.10. The van der Waals surface area contributed by atoms with Gasteiger partial charge in [0.15, 0.2) is 22.1 Å². The van der Waals surface area contributed by atoms with Crippen LogP contribution >= 0.6 is 12.2 Å². The molecule has 7 heteroatoms. The number of phenols is 1. The lowest BCUT2D eigenvalue weighted by atomic mass is 10.1. The first-order valence-electron chi connectivity index (χ1n) is 5.15. The molecule has 0 bridgehead atoms. The second-order valence-electron chi connectivity index (χ2n) is 3.64. The number of methoxy groups -OCH3 is 2. The smallest absolute Gasteiger partial charge is 0.200 e. The summed E-state index contributed by atoms with van der Waals surface area (Å²) in [6.07, 6.45) is 0. The molecule has 0 aliphatic carbocycles. The molecular weight excluding hydrogens is 254 g/mol. The maximum atomic E-state index is 9.83. The van der Waals surface area contributed by atoms with E-state index < -0.39 is 0 Å². The zero-order valence-electron chi connectivity index (χ0n) is 10.2. The molecule has 0 saturated carbocycles. The van der Waals surface area contributed by atoms with Gasteiger partial charge in [0.2, 0.25) is 5.75 Å². The summed E-state index contributed by atoms with van der Waals surface area (Å²) in [5.41, 5.74) is 0.733. The minimum Gasteiger partial charge on any atom is -0.502 e. The summed E-state index contributed by atoms with van der Waals surface area (Å²) in [5.74, 6) is 1.23. The highest BCUT2D eigenvalue weighted by molar-refractivity contribution is 7.71. The maximum Gasteiger partial charge on any atom is 0.200 e. The predicted molar refractivity (Wildman–Crippen MR) is 68.6 cm³/mol. The van der Waals surface area contributed by atoms with Crippen molar-refractivity contribution >= 4 is 12.2 Å². The fraction of sp³-hybridized carbons (Fsp3) is 0.273. The van der Waals surface area contributed by atoms with E-state index in [1.807, 2.05) is 0 Å². The van der Waals surface area contributed by atoms with Crippen LogP contribution < -0.4 is 9.47 Å². The molecule has 18 heavy (non-hydrogen) atoms. The third-order valence-electron chi connectivity index (χ3n) is 2.62. The van der Waals surface area contributed by atoms with E-state index in [1.54, 1.807) is 23.7 Å². The van der Waals surface area contributed by atoms with Gasteiger partial charge in [-0.3, -0.25) is 5.10 Å². The van der Waals surface area contributed by atoms with Crippen LogP contribution in [-0.4, -0.2) is 34.1 Å². The number of hydrogen-bond acceptors (Lipinski definition) is 5. The van der Waals surface area contributed by atoms with Crippen molar-refractivity contribution in [2.45, 2.75) is 0 Å². The molecule has 0 unspecified atom stereocenters. The first-order valence-corrected chi connectivity index (χ1v) is 5.56. The van der Waals surface area contributed by atoms with Gasteiger partial charge in [-0.2, -0.15) is 5.10 Å². The van der Waals surface area contributed by atoms with Crippen molar-refractivity contribution < 1.29 is 14.6 Å². The third-order valence-corrected chi connectivity index (χ3v) is 2.98. The molecular formula is C11H13N3O3S. The minimum absolute atomic E-state index is 0.0412. The normalized spacial score (nSPS) is 10.4. The van der Waals surface area contributed by atoms with Crippen LogP contribution in [0, 0.1) is 4.77 Å². The molecule has 0 amide bonds. The molecule has 2 rings (SSSR count). The van der Waals surface area contributed by atoms with Crippen LogP contribution in [0.25, 0.3) is 11.4 Å². The number of aromatic nitrogens is 3. The quantitative estimate of drug-likeness (QED) is 0.831. The standard InChI is InChI=1S/C11H13N3O3S/c1-14-10(12-13-11(14)18)6-4-7(16-2)9(15)8(5-6)17-3/h4-5,15H,1-3H3,(H,13,18). The number of aromatic hydroxyl groups is 1. The SMILES string of the molecule is COc1cc(-c2n[nH]c(=S)n2C)cc(OC)c1O. The molecule has 2 N–H and O–H groups in total. The number of H-pyrrole nitrogens is 1. The first-order chi connectivity index (χ1) is 8.58. The van der Waals surface area contributed by atoms with Gasteiger partial charge in [-0.15, -0.1) is 0 Å². The summed E-state index contributed by atoms with van der Waals surface area (Å²) in [4.78, 5) is 0. The molecule has 0 spiro atoms. The van der Waals surface area contributed by atoms with Crippen molar-refractivity contribution in [3.63, 3.8) is 0 Å². The lowest BCUT2D eigenvalue weighted by molar-refractivity contribution is 0.340.